The largest absolute Gasteiger partial charge is 0.490 e. The van der Waals surface area contributed by atoms with Crippen molar-refractivity contribution in [2.24, 2.45) is 5.92 Å². The molecular formula is C17H26BrNO. The van der Waals surface area contributed by atoms with E-state index in [1.165, 1.54) is 43.2 Å². The molecular weight excluding hydrogens is 314 g/mol. The molecule has 0 aromatic heterocycles. The van der Waals surface area contributed by atoms with Crippen molar-refractivity contribution in [2.75, 3.05) is 7.05 Å². The smallest absolute Gasteiger partial charge is 0.127 e. The molecule has 1 aromatic rings. The fraction of sp³-hybridized carbons (Fsp3) is 0.647. The van der Waals surface area contributed by atoms with Gasteiger partial charge in [-0.2, -0.15) is 0 Å². The minimum Gasteiger partial charge on any atom is -0.490 e. The lowest BCUT2D eigenvalue weighted by molar-refractivity contribution is 0.128. The minimum atomic E-state index is 0.397. The molecule has 1 N–H and O–H groups in total. The monoisotopic (exact) mass is 339 g/mol. The van der Waals surface area contributed by atoms with E-state index in [4.69, 9.17) is 4.74 Å². The Labute approximate surface area is 131 Å². The van der Waals surface area contributed by atoms with Gasteiger partial charge in [0.25, 0.3) is 0 Å². The first-order valence-electron chi connectivity index (χ1n) is 7.74. The Morgan fingerprint density at radius 2 is 1.95 bits per heavy atom. The van der Waals surface area contributed by atoms with Crippen LogP contribution in [0.25, 0.3) is 0 Å². The van der Waals surface area contributed by atoms with E-state index in [1.807, 2.05) is 7.05 Å². The molecule has 0 aliphatic heterocycles. The molecule has 20 heavy (non-hydrogen) atoms. The van der Waals surface area contributed by atoms with Crippen LogP contribution < -0.4 is 10.1 Å². The average molecular weight is 340 g/mol. The number of ether oxygens (including phenoxy) is 1. The van der Waals surface area contributed by atoms with E-state index < -0.39 is 0 Å². The van der Waals surface area contributed by atoms with Crippen LogP contribution in [0.2, 0.25) is 0 Å². The van der Waals surface area contributed by atoms with Gasteiger partial charge in [0.2, 0.25) is 0 Å². The lowest BCUT2D eigenvalue weighted by Crippen LogP contribution is -2.25. The van der Waals surface area contributed by atoms with E-state index in [-0.39, 0.29) is 0 Å². The predicted molar refractivity (Wildman–Crippen MR) is 88.3 cm³/mol. The van der Waals surface area contributed by atoms with Gasteiger partial charge in [-0.15, -0.1) is 0 Å². The van der Waals surface area contributed by atoms with Gasteiger partial charge in [0, 0.05) is 16.6 Å². The highest BCUT2D eigenvalue weighted by Crippen LogP contribution is 2.33. The standard InChI is InChI=1S/C17H26BrNO/c1-4-13-5-7-16(8-6-13)20-17-12(2)9-15(18)10-14(17)11-19-3/h9-10,13,16,19H,4-8,11H2,1-3H3. The van der Waals surface area contributed by atoms with E-state index in [0.717, 1.165) is 22.7 Å². The Hall–Kier alpha value is -0.540. The summed E-state index contributed by atoms with van der Waals surface area (Å²) in [5.74, 6) is 2.00. The summed E-state index contributed by atoms with van der Waals surface area (Å²) in [5.41, 5.74) is 2.47. The Morgan fingerprint density at radius 3 is 2.55 bits per heavy atom. The van der Waals surface area contributed by atoms with E-state index >= 15 is 0 Å². The van der Waals surface area contributed by atoms with Gasteiger partial charge in [0.05, 0.1) is 6.10 Å². The molecule has 0 spiro atoms. The number of hydrogen-bond acceptors (Lipinski definition) is 2. The number of rotatable bonds is 5. The number of halogens is 1. The predicted octanol–water partition coefficient (Wildman–Crippen LogP) is 4.82. The van der Waals surface area contributed by atoms with E-state index in [9.17, 15) is 0 Å². The van der Waals surface area contributed by atoms with Crippen molar-refractivity contribution >= 4 is 15.9 Å². The van der Waals surface area contributed by atoms with Crippen LogP contribution in [0.3, 0.4) is 0 Å². The summed E-state index contributed by atoms with van der Waals surface area (Å²) in [7, 11) is 1.98. The lowest BCUT2D eigenvalue weighted by Gasteiger charge is -2.29. The number of nitrogens with one attached hydrogen (secondary N) is 1. The van der Waals surface area contributed by atoms with Crippen molar-refractivity contribution in [2.45, 2.75) is 58.6 Å². The van der Waals surface area contributed by atoms with Gasteiger partial charge >= 0.3 is 0 Å². The summed E-state index contributed by atoms with van der Waals surface area (Å²) in [6, 6.07) is 4.31. The Bertz CT molecular complexity index is 439. The van der Waals surface area contributed by atoms with Crippen molar-refractivity contribution in [1.29, 1.82) is 0 Å². The maximum absolute atomic E-state index is 6.36. The summed E-state index contributed by atoms with van der Waals surface area (Å²) in [6.07, 6.45) is 6.75. The highest BCUT2D eigenvalue weighted by atomic mass is 79.9. The van der Waals surface area contributed by atoms with Gasteiger partial charge in [-0.05, 0) is 63.3 Å². The molecule has 0 saturated heterocycles. The zero-order valence-corrected chi connectivity index (χ0v) is 14.4. The first-order valence-corrected chi connectivity index (χ1v) is 8.53. The minimum absolute atomic E-state index is 0.397. The molecule has 0 unspecified atom stereocenters. The van der Waals surface area contributed by atoms with Crippen molar-refractivity contribution in [1.82, 2.24) is 5.32 Å². The van der Waals surface area contributed by atoms with Crippen LogP contribution in [-0.4, -0.2) is 13.2 Å². The lowest BCUT2D eigenvalue weighted by atomic mass is 9.86. The molecule has 0 bridgehead atoms. The second-order valence-electron chi connectivity index (χ2n) is 5.91. The number of aryl methyl sites for hydroxylation is 1. The normalized spacial score (nSPS) is 22.8. The Morgan fingerprint density at radius 1 is 1.25 bits per heavy atom. The van der Waals surface area contributed by atoms with Crippen molar-refractivity contribution < 1.29 is 4.74 Å². The SMILES string of the molecule is CCC1CCC(Oc2c(C)cc(Br)cc2CNC)CC1. The van der Waals surface area contributed by atoms with Crippen LogP contribution >= 0.6 is 15.9 Å². The third kappa shape index (κ3) is 3.98. The van der Waals surface area contributed by atoms with Gasteiger partial charge in [-0.25, -0.2) is 0 Å². The molecule has 2 rings (SSSR count). The first kappa shape index (κ1) is 15.8. The number of benzene rings is 1. The van der Waals surface area contributed by atoms with Gasteiger partial charge < -0.3 is 10.1 Å². The van der Waals surface area contributed by atoms with Crippen LogP contribution in [-0.2, 0) is 6.54 Å². The Balaban J connectivity index is 2.08. The fourth-order valence-corrected chi connectivity index (χ4v) is 3.73. The maximum Gasteiger partial charge on any atom is 0.127 e. The van der Waals surface area contributed by atoms with Crippen molar-refractivity contribution in [3.05, 3.63) is 27.7 Å². The summed E-state index contributed by atoms with van der Waals surface area (Å²) in [6.45, 7) is 5.28. The summed E-state index contributed by atoms with van der Waals surface area (Å²) in [5, 5.41) is 3.23. The average Bonchev–Trinajstić information content (AvgIpc) is 2.43. The summed E-state index contributed by atoms with van der Waals surface area (Å²) >= 11 is 3.58. The van der Waals surface area contributed by atoms with Crippen LogP contribution in [0.5, 0.6) is 5.75 Å². The molecule has 0 atom stereocenters. The third-order valence-electron chi connectivity index (χ3n) is 4.34. The topological polar surface area (TPSA) is 21.3 Å². The second-order valence-corrected chi connectivity index (χ2v) is 6.83. The zero-order chi connectivity index (χ0) is 14.5. The fourth-order valence-electron chi connectivity index (χ4n) is 3.11. The molecule has 1 aliphatic rings. The molecule has 1 aliphatic carbocycles. The molecule has 1 aromatic carbocycles. The summed E-state index contributed by atoms with van der Waals surface area (Å²) in [4.78, 5) is 0. The highest BCUT2D eigenvalue weighted by Gasteiger charge is 2.22. The van der Waals surface area contributed by atoms with Crippen LogP contribution in [0.4, 0.5) is 0 Å². The second kappa shape index (κ2) is 7.46. The van der Waals surface area contributed by atoms with Crippen LogP contribution in [0, 0.1) is 12.8 Å². The first-order chi connectivity index (χ1) is 9.63. The molecule has 1 saturated carbocycles. The summed E-state index contributed by atoms with van der Waals surface area (Å²) < 4.78 is 7.48. The molecule has 112 valence electrons. The van der Waals surface area contributed by atoms with Gasteiger partial charge in [0.1, 0.15) is 5.75 Å². The third-order valence-corrected chi connectivity index (χ3v) is 4.80. The molecule has 0 radical (unpaired) electrons. The molecule has 2 nitrogen and oxygen atoms in total. The van der Waals surface area contributed by atoms with Crippen LogP contribution in [0.1, 0.15) is 50.2 Å². The van der Waals surface area contributed by atoms with E-state index in [2.05, 4.69) is 47.2 Å². The van der Waals surface area contributed by atoms with Gasteiger partial charge in [-0.3, -0.25) is 0 Å². The van der Waals surface area contributed by atoms with Crippen molar-refractivity contribution in [3.63, 3.8) is 0 Å². The quantitative estimate of drug-likeness (QED) is 0.829. The zero-order valence-electron chi connectivity index (χ0n) is 12.8. The van der Waals surface area contributed by atoms with Crippen LogP contribution in [0.15, 0.2) is 16.6 Å². The van der Waals surface area contributed by atoms with E-state index in [0.29, 0.717) is 6.10 Å². The molecule has 0 heterocycles. The molecule has 1 fully saturated rings. The highest BCUT2D eigenvalue weighted by molar-refractivity contribution is 9.10. The van der Waals surface area contributed by atoms with Gasteiger partial charge in [-0.1, -0.05) is 29.3 Å². The van der Waals surface area contributed by atoms with Gasteiger partial charge in [0.15, 0.2) is 0 Å². The van der Waals surface area contributed by atoms with E-state index in [1.54, 1.807) is 0 Å². The number of hydrogen-bond donors (Lipinski definition) is 1. The Kier molecular flexibility index (Phi) is 5.91. The maximum atomic E-state index is 6.36. The molecule has 3 heteroatoms. The van der Waals surface area contributed by atoms with Crippen molar-refractivity contribution in [3.8, 4) is 5.75 Å². The molecule has 0 amide bonds.